The molecule has 1 aromatic heterocycles. The third-order valence-electron chi connectivity index (χ3n) is 1.67. The SMILES string of the molecule is O=C1NCc2c1ccnc2Cl. The van der Waals surface area contributed by atoms with Crippen LogP contribution >= 0.6 is 11.6 Å². The minimum Gasteiger partial charge on any atom is -0.348 e. The van der Waals surface area contributed by atoms with Gasteiger partial charge in [-0.3, -0.25) is 4.79 Å². The number of nitrogens with zero attached hydrogens (tertiary/aromatic N) is 1. The quantitative estimate of drug-likeness (QED) is 0.587. The molecule has 2 heterocycles. The lowest BCUT2D eigenvalue weighted by molar-refractivity contribution is 0.0966. The number of carbonyl (C=O) groups excluding carboxylic acids is 1. The molecule has 1 aromatic rings. The lowest BCUT2D eigenvalue weighted by atomic mass is 10.2. The van der Waals surface area contributed by atoms with E-state index in [1.165, 1.54) is 6.20 Å². The number of nitrogens with one attached hydrogen (secondary N) is 1. The average molecular weight is 169 g/mol. The molecule has 0 saturated carbocycles. The highest BCUT2D eigenvalue weighted by molar-refractivity contribution is 6.30. The molecule has 0 bridgehead atoms. The first-order valence-corrected chi connectivity index (χ1v) is 3.58. The van der Waals surface area contributed by atoms with Gasteiger partial charge in [0.25, 0.3) is 5.91 Å². The maximum absolute atomic E-state index is 11.0. The zero-order valence-electron chi connectivity index (χ0n) is 5.60. The topological polar surface area (TPSA) is 42.0 Å². The average Bonchev–Trinajstić information content (AvgIpc) is 2.35. The second kappa shape index (κ2) is 2.20. The number of carbonyl (C=O) groups is 1. The normalized spacial score (nSPS) is 14.5. The molecule has 3 nitrogen and oxygen atoms in total. The van der Waals surface area contributed by atoms with Crippen molar-refractivity contribution in [1.29, 1.82) is 0 Å². The van der Waals surface area contributed by atoms with Gasteiger partial charge < -0.3 is 5.32 Å². The Hall–Kier alpha value is -1.09. The van der Waals surface area contributed by atoms with Crippen molar-refractivity contribution in [1.82, 2.24) is 10.3 Å². The van der Waals surface area contributed by atoms with Crippen LogP contribution in [-0.2, 0) is 6.54 Å². The summed E-state index contributed by atoms with van der Waals surface area (Å²) in [6, 6.07) is 1.67. The highest BCUT2D eigenvalue weighted by atomic mass is 35.5. The highest BCUT2D eigenvalue weighted by Crippen LogP contribution is 2.20. The molecule has 4 heteroatoms. The number of pyridine rings is 1. The number of aromatic nitrogens is 1. The van der Waals surface area contributed by atoms with Crippen LogP contribution in [0.3, 0.4) is 0 Å². The second-order valence-electron chi connectivity index (χ2n) is 2.31. The molecule has 0 saturated heterocycles. The van der Waals surface area contributed by atoms with E-state index in [0.29, 0.717) is 17.3 Å². The smallest absolute Gasteiger partial charge is 0.252 e. The van der Waals surface area contributed by atoms with E-state index in [1.807, 2.05) is 0 Å². The molecule has 1 amide bonds. The Balaban J connectivity index is 2.66. The standard InChI is InChI=1S/C7H5ClN2O/c8-6-5-3-10-7(11)4(5)1-2-9-6/h1-2H,3H2,(H,10,11). The van der Waals surface area contributed by atoms with E-state index in [4.69, 9.17) is 11.6 Å². The molecule has 1 N–H and O–H groups in total. The number of amides is 1. The number of fused-ring (bicyclic) bond motifs is 1. The Kier molecular flexibility index (Phi) is 1.32. The molecule has 1 aliphatic heterocycles. The molecule has 0 aromatic carbocycles. The van der Waals surface area contributed by atoms with Gasteiger partial charge in [-0.2, -0.15) is 0 Å². The monoisotopic (exact) mass is 168 g/mol. The zero-order chi connectivity index (χ0) is 7.84. The fourth-order valence-corrected chi connectivity index (χ4v) is 1.34. The summed E-state index contributed by atoms with van der Waals surface area (Å²) in [6.07, 6.45) is 1.53. The molecular formula is C7H5ClN2O. The minimum atomic E-state index is -0.0655. The van der Waals surface area contributed by atoms with Crippen molar-refractivity contribution in [2.75, 3.05) is 0 Å². The van der Waals surface area contributed by atoms with Crippen molar-refractivity contribution in [3.8, 4) is 0 Å². The maximum atomic E-state index is 11.0. The van der Waals surface area contributed by atoms with Crippen LogP contribution in [0.25, 0.3) is 0 Å². The van der Waals surface area contributed by atoms with Gasteiger partial charge in [0.1, 0.15) is 5.15 Å². The summed E-state index contributed by atoms with van der Waals surface area (Å²) in [4.78, 5) is 14.9. The van der Waals surface area contributed by atoms with Crippen LogP contribution in [0.5, 0.6) is 0 Å². The molecule has 0 unspecified atom stereocenters. The van der Waals surface area contributed by atoms with Gasteiger partial charge >= 0.3 is 0 Å². The van der Waals surface area contributed by atoms with Gasteiger partial charge in [-0.05, 0) is 6.07 Å². The molecule has 0 spiro atoms. The first-order valence-electron chi connectivity index (χ1n) is 3.20. The van der Waals surface area contributed by atoms with Gasteiger partial charge in [0.05, 0.1) is 0 Å². The summed E-state index contributed by atoms with van der Waals surface area (Å²) in [5, 5.41) is 3.08. The molecule has 0 radical (unpaired) electrons. The van der Waals surface area contributed by atoms with Crippen LogP contribution in [-0.4, -0.2) is 10.9 Å². The van der Waals surface area contributed by atoms with Crippen LogP contribution in [0.4, 0.5) is 0 Å². The van der Waals surface area contributed by atoms with Gasteiger partial charge in [-0.1, -0.05) is 11.6 Å². The summed E-state index contributed by atoms with van der Waals surface area (Å²) < 4.78 is 0. The molecule has 0 fully saturated rings. The van der Waals surface area contributed by atoms with Crippen molar-refractivity contribution in [2.24, 2.45) is 0 Å². The number of rotatable bonds is 0. The Morgan fingerprint density at radius 2 is 2.45 bits per heavy atom. The largest absolute Gasteiger partial charge is 0.348 e. The van der Waals surface area contributed by atoms with Crippen LogP contribution in [0.1, 0.15) is 15.9 Å². The molecule has 1 aliphatic rings. The lowest BCUT2D eigenvalue weighted by Gasteiger charge is -1.94. The van der Waals surface area contributed by atoms with E-state index in [1.54, 1.807) is 6.07 Å². The number of hydrogen-bond donors (Lipinski definition) is 1. The van der Waals surface area contributed by atoms with Crippen molar-refractivity contribution < 1.29 is 4.79 Å². The summed E-state index contributed by atoms with van der Waals surface area (Å²) in [6.45, 7) is 0.501. The Morgan fingerprint density at radius 3 is 3.18 bits per heavy atom. The van der Waals surface area contributed by atoms with Crippen LogP contribution in [0.15, 0.2) is 12.3 Å². The van der Waals surface area contributed by atoms with E-state index in [-0.39, 0.29) is 5.91 Å². The van der Waals surface area contributed by atoms with Gasteiger partial charge in [0, 0.05) is 23.9 Å². The molecule has 2 rings (SSSR count). The minimum absolute atomic E-state index is 0.0655. The van der Waals surface area contributed by atoms with Gasteiger partial charge in [-0.25, -0.2) is 4.98 Å². The fraction of sp³-hybridized carbons (Fsp3) is 0.143. The predicted molar refractivity (Wildman–Crippen MR) is 40.4 cm³/mol. The first-order chi connectivity index (χ1) is 5.29. The Labute approximate surface area is 68.4 Å². The third kappa shape index (κ3) is 0.886. The maximum Gasteiger partial charge on any atom is 0.252 e. The van der Waals surface area contributed by atoms with Crippen LogP contribution in [0, 0.1) is 0 Å². The zero-order valence-corrected chi connectivity index (χ0v) is 6.35. The van der Waals surface area contributed by atoms with E-state index in [0.717, 1.165) is 5.56 Å². The lowest BCUT2D eigenvalue weighted by Crippen LogP contribution is -2.12. The number of halogens is 1. The summed E-state index contributed by atoms with van der Waals surface area (Å²) in [5.41, 5.74) is 1.45. The van der Waals surface area contributed by atoms with E-state index in [9.17, 15) is 4.79 Å². The molecule has 56 valence electrons. The predicted octanol–water partition coefficient (Wildman–Crippen LogP) is 0.978. The molecule has 0 atom stereocenters. The summed E-state index contributed by atoms with van der Waals surface area (Å²) in [5.74, 6) is -0.0655. The van der Waals surface area contributed by atoms with Crippen molar-refractivity contribution in [2.45, 2.75) is 6.54 Å². The number of hydrogen-bond acceptors (Lipinski definition) is 2. The molecule has 0 aliphatic carbocycles. The second-order valence-corrected chi connectivity index (χ2v) is 2.67. The van der Waals surface area contributed by atoms with E-state index < -0.39 is 0 Å². The molecular weight excluding hydrogens is 164 g/mol. The van der Waals surface area contributed by atoms with Crippen molar-refractivity contribution in [3.63, 3.8) is 0 Å². The first kappa shape index (κ1) is 6.61. The summed E-state index contributed by atoms with van der Waals surface area (Å²) >= 11 is 5.73. The van der Waals surface area contributed by atoms with E-state index >= 15 is 0 Å². The third-order valence-corrected chi connectivity index (χ3v) is 2.00. The summed E-state index contributed by atoms with van der Waals surface area (Å²) in [7, 11) is 0. The van der Waals surface area contributed by atoms with Gasteiger partial charge in [-0.15, -0.1) is 0 Å². The van der Waals surface area contributed by atoms with Crippen LogP contribution < -0.4 is 5.32 Å². The van der Waals surface area contributed by atoms with E-state index in [2.05, 4.69) is 10.3 Å². The highest BCUT2D eigenvalue weighted by Gasteiger charge is 2.20. The van der Waals surface area contributed by atoms with Gasteiger partial charge in [0.2, 0.25) is 0 Å². The molecule has 11 heavy (non-hydrogen) atoms. The Bertz CT molecular complexity index is 324. The van der Waals surface area contributed by atoms with Crippen molar-refractivity contribution >= 4 is 17.5 Å². The van der Waals surface area contributed by atoms with Gasteiger partial charge in [0.15, 0.2) is 0 Å². The fourth-order valence-electron chi connectivity index (χ4n) is 1.11. The van der Waals surface area contributed by atoms with Crippen molar-refractivity contribution in [3.05, 3.63) is 28.5 Å². The Morgan fingerprint density at radius 1 is 1.64 bits per heavy atom. The van der Waals surface area contributed by atoms with Crippen LogP contribution in [0.2, 0.25) is 5.15 Å².